The summed E-state index contributed by atoms with van der Waals surface area (Å²) in [6.07, 6.45) is 3.93. The van der Waals surface area contributed by atoms with Crippen LogP contribution in [0.2, 0.25) is 0 Å². The summed E-state index contributed by atoms with van der Waals surface area (Å²) >= 11 is 0. The number of carbonyl (C=O) groups excluding carboxylic acids is 3. The average molecular weight is 528 g/mol. The molecule has 6 N–H and O–H groups in total. The van der Waals surface area contributed by atoms with Gasteiger partial charge in [-0.15, -0.1) is 0 Å². The third-order valence-corrected chi connectivity index (χ3v) is 6.93. The number of para-hydroxylation sites is 1. The van der Waals surface area contributed by atoms with E-state index in [4.69, 9.17) is 5.73 Å². The number of rotatable bonds is 12. The van der Waals surface area contributed by atoms with Crippen molar-refractivity contribution in [3.63, 3.8) is 0 Å². The van der Waals surface area contributed by atoms with Crippen molar-refractivity contribution in [2.75, 3.05) is 6.54 Å². The lowest BCUT2D eigenvalue weighted by Crippen LogP contribution is -2.57. The molecule has 4 unspecified atom stereocenters. The van der Waals surface area contributed by atoms with E-state index in [1.54, 1.807) is 0 Å². The van der Waals surface area contributed by atoms with Gasteiger partial charge >= 0.3 is 5.97 Å². The lowest BCUT2D eigenvalue weighted by Gasteiger charge is -2.29. The number of H-pyrrole nitrogens is 1. The molecule has 1 aliphatic heterocycles. The topological polar surface area (TPSA) is 158 Å². The van der Waals surface area contributed by atoms with E-state index < -0.39 is 42.0 Å². The smallest absolute Gasteiger partial charge is 0.326 e. The molecule has 38 heavy (non-hydrogen) atoms. The summed E-state index contributed by atoms with van der Waals surface area (Å²) in [6, 6.07) is 4.29. The van der Waals surface area contributed by atoms with Crippen molar-refractivity contribution in [3.05, 3.63) is 36.0 Å². The number of fused-ring (bicyclic) bond motifs is 1. The zero-order valence-corrected chi connectivity index (χ0v) is 22.7. The van der Waals surface area contributed by atoms with Crippen molar-refractivity contribution >= 4 is 34.6 Å². The van der Waals surface area contributed by atoms with E-state index >= 15 is 0 Å². The molecular formula is C28H41N5O5. The summed E-state index contributed by atoms with van der Waals surface area (Å²) in [5.74, 6) is -2.23. The zero-order valence-electron chi connectivity index (χ0n) is 22.7. The first kappa shape index (κ1) is 29.2. The molecule has 10 nitrogen and oxygen atoms in total. The molecule has 1 aromatic carbocycles. The van der Waals surface area contributed by atoms with Crippen LogP contribution in [0.5, 0.6) is 0 Å². The molecular weight excluding hydrogens is 486 g/mol. The molecule has 1 fully saturated rings. The molecule has 0 aliphatic carbocycles. The largest absolute Gasteiger partial charge is 0.480 e. The number of carboxylic acid groups (broad SMARTS) is 1. The third-order valence-electron chi connectivity index (χ3n) is 6.93. The van der Waals surface area contributed by atoms with Gasteiger partial charge in [0.1, 0.15) is 18.1 Å². The maximum absolute atomic E-state index is 13.3. The minimum Gasteiger partial charge on any atom is -0.480 e. The highest BCUT2D eigenvalue weighted by molar-refractivity contribution is 5.94. The standard InChI is InChI=1S/C28H41N5O5/c1-16(2)12-22(25(34)32-23(28(37)38)13-17(3)4)31-26(35)24-10-7-11-33(24)27(36)20(29)14-18-15-30-21-9-6-5-8-19(18)21/h5-6,8-9,15-17,20,22-24,30H,7,10-14,29H2,1-4H3,(H,31,35)(H,32,34)(H,37,38). The number of hydrogen-bond acceptors (Lipinski definition) is 5. The van der Waals surface area contributed by atoms with Crippen molar-refractivity contribution in [1.82, 2.24) is 20.5 Å². The van der Waals surface area contributed by atoms with E-state index in [0.717, 1.165) is 16.5 Å². The number of carbonyl (C=O) groups is 4. The Balaban J connectivity index is 1.68. The predicted octanol–water partition coefficient (Wildman–Crippen LogP) is 2.18. The Morgan fingerprint density at radius 2 is 1.71 bits per heavy atom. The summed E-state index contributed by atoms with van der Waals surface area (Å²) in [6.45, 7) is 8.01. The Hall–Kier alpha value is -3.40. The van der Waals surface area contributed by atoms with Crippen molar-refractivity contribution in [3.8, 4) is 0 Å². The highest BCUT2D eigenvalue weighted by atomic mass is 16.4. The fourth-order valence-corrected chi connectivity index (χ4v) is 5.08. The first-order chi connectivity index (χ1) is 18.0. The normalized spacial score (nSPS) is 18.0. The van der Waals surface area contributed by atoms with Gasteiger partial charge in [-0.1, -0.05) is 45.9 Å². The maximum atomic E-state index is 13.3. The molecule has 10 heteroatoms. The molecule has 3 amide bonds. The van der Waals surface area contributed by atoms with Gasteiger partial charge in [-0.05, 0) is 55.6 Å². The van der Waals surface area contributed by atoms with Gasteiger partial charge in [0.15, 0.2) is 0 Å². The van der Waals surface area contributed by atoms with E-state index in [1.165, 1.54) is 4.90 Å². The van der Waals surface area contributed by atoms with Crippen molar-refractivity contribution in [1.29, 1.82) is 0 Å². The monoisotopic (exact) mass is 527 g/mol. The van der Waals surface area contributed by atoms with Gasteiger partial charge in [0, 0.05) is 23.6 Å². The molecule has 2 aromatic rings. The molecule has 208 valence electrons. The fourth-order valence-electron chi connectivity index (χ4n) is 5.08. The number of aliphatic carboxylic acids is 1. The van der Waals surface area contributed by atoms with Gasteiger partial charge in [0.05, 0.1) is 6.04 Å². The number of nitrogens with two attached hydrogens (primary N) is 1. The molecule has 4 atom stereocenters. The van der Waals surface area contributed by atoms with Crippen molar-refractivity contribution < 1.29 is 24.3 Å². The van der Waals surface area contributed by atoms with Crippen LogP contribution in [-0.2, 0) is 25.6 Å². The Morgan fingerprint density at radius 1 is 1.05 bits per heavy atom. The van der Waals surface area contributed by atoms with E-state index in [1.807, 2.05) is 58.2 Å². The van der Waals surface area contributed by atoms with Gasteiger partial charge in [-0.25, -0.2) is 4.79 Å². The van der Waals surface area contributed by atoms with Crippen LogP contribution in [0.4, 0.5) is 0 Å². The quantitative estimate of drug-likeness (QED) is 0.285. The summed E-state index contributed by atoms with van der Waals surface area (Å²) < 4.78 is 0. The van der Waals surface area contributed by atoms with Gasteiger partial charge in [0.2, 0.25) is 17.7 Å². The van der Waals surface area contributed by atoms with E-state index in [-0.39, 0.29) is 24.2 Å². The number of carboxylic acids is 1. The fraction of sp³-hybridized carbons (Fsp3) is 0.571. The van der Waals surface area contributed by atoms with Crippen LogP contribution >= 0.6 is 0 Å². The lowest BCUT2D eigenvalue weighted by atomic mass is 10.00. The molecule has 0 bridgehead atoms. The Bertz CT molecular complexity index is 1140. The highest BCUT2D eigenvalue weighted by Crippen LogP contribution is 2.22. The van der Waals surface area contributed by atoms with E-state index in [9.17, 15) is 24.3 Å². The van der Waals surface area contributed by atoms with Crippen LogP contribution in [0.3, 0.4) is 0 Å². The molecule has 0 radical (unpaired) electrons. The first-order valence-corrected chi connectivity index (χ1v) is 13.4. The summed E-state index contributed by atoms with van der Waals surface area (Å²) in [5.41, 5.74) is 8.22. The minimum atomic E-state index is -1.11. The van der Waals surface area contributed by atoms with Crippen molar-refractivity contribution in [2.24, 2.45) is 17.6 Å². The average Bonchev–Trinajstić information content (AvgIpc) is 3.50. The number of aromatic amines is 1. The predicted molar refractivity (Wildman–Crippen MR) is 145 cm³/mol. The third kappa shape index (κ3) is 7.34. The second-order valence-corrected chi connectivity index (χ2v) is 11.1. The Morgan fingerprint density at radius 3 is 2.37 bits per heavy atom. The molecule has 0 spiro atoms. The molecule has 1 saturated heterocycles. The van der Waals surface area contributed by atoms with Gasteiger partial charge < -0.3 is 31.4 Å². The van der Waals surface area contributed by atoms with Crippen LogP contribution in [0.15, 0.2) is 30.5 Å². The molecule has 1 aromatic heterocycles. The maximum Gasteiger partial charge on any atom is 0.326 e. The number of benzene rings is 1. The number of nitrogens with zero attached hydrogens (tertiary/aromatic N) is 1. The van der Waals surface area contributed by atoms with Crippen LogP contribution < -0.4 is 16.4 Å². The van der Waals surface area contributed by atoms with Crippen LogP contribution in [-0.4, -0.2) is 69.4 Å². The van der Waals surface area contributed by atoms with Crippen LogP contribution in [0.25, 0.3) is 10.9 Å². The first-order valence-electron chi connectivity index (χ1n) is 13.4. The van der Waals surface area contributed by atoms with Crippen molar-refractivity contribution in [2.45, 2.75) is 84.0 Å². The van der Waals surface area contributed by atoms with Crippen LogP contribution in [0.1, 0.15) is 58.9 Å². The number of amides is 3. The van der Waals surface area contributed by atoms with Gasteiger partial charge in [0.25, 0.3) is 0 Å². The van der Waals surface area contributed by atoms with Crippen LogP contribution in [0, 0.1) is 11.8 Å². The number of nitrogens with one attached hydrogen (secondary N) is 3. The Labute approximate surface area is 223 Å². The van der Waals surface area contributed by atoms with E-state index in [2.05, 4.69) is 15.6 Å². The summed E-state index contributed by atoms with van der Waals surface area (Å²) in [7, 11) is 0. The minimum absolute atomic E-state index is 0.0704. The second-order valence-electron chi connectivity index (χ2n) is 11.1. The SMILES string of the molecule is CC(C)CC(NC(=O)C(CC(C)C)NC(=O)C1CCCN1C(=O)C(N)Cc1c[nH]c2ccccc12)C(=O)O. The number of likely N-dealkylation sites (tertiary alicyclic amines) is 1. The number of aromatic nitrogens is 1. The summed E-state index contributed by atoms with van der Waals surface area (Å²) in [4.78, 5) is 56.0. The van der Waals surface area contributed by atoms with Gasteiger partial charge in [-0.2, -0.15) is 0 Å². The molecule has 3 rings (SSSR count). The van der Waals surface area contributed by atoms with Gasteiger partial charge in [-0.3, -0.25) is 14.4 Å². The molecule has 2 heterocycles. The second kappa shape index (κ2) is 12.9. The molecule has 0 saturated carbocycles. The zero-order chi connectivity index (χ0) is 28.0. The number of hydrogen-bond donors (Lipinski definition) is 5. The summed E-state index contributed by atoms with van der Waals surface area (Å²) in [5, 5.41) is 15.9. The van der Waals surface area contributed by atoms with E-state index in [0.29, 0.717) is 32.2 Å². The lowest BCUT2D eigenvalue weighted by molar-refractivity contribution is -0.143. The highest BCUT2D eigenvalue weighted by Gasteiger charge is 2.38. The molecule has 1 aliphatic rings. The Kier molecular flexibility index (Phi) is 9.90.